The van der Waals surface area contributed by atoms with Crippen molar-refractivity contribution >= 4 is 57.2 Å². The molecule has 7 aromatic rings. The van der Waals surface area contributed by atoms with Crippen molar-refractivity contribution in [1.29, 1.82) is 0 Å². The number of nitrogens with zero attached hydrogens (tertiary/aromatic N) is 2. The van der Waals surface area contributed by atoms with Gasteiger partial charge in [-0.2, -0.15) is 0 Å². The van der Waals surface area contributed by atoms with Gasteiger partial charge in [-0.25, -0.2) is 0 Å². The summed E-state index contributed by atoms with van der Waals surface area (Å²) in [5, 5.41) is 0. The fourth-order valence-corrected chi connectivity index (χ4v) is 8.48. The van der Waals surface area contributed by atoms with Crippen LogP contribution in [0.1, 0.15) is 49.9 Å². The lowest BCUT2D eigenvalue weighted by Gasteiger charge is -2.44. The summed E-state index contributed by atoms with van der Waals surface area (Å²) in [4.78, 5) is 4.96. The van der Waals surface area contributed by atoms with E-state index >= 15 is 0 Å². The second-order valence-corrected chi connectivity index (χ2v) is 15.0. The van der Waals surface area contributed by atoms with E-state index in [9.17, 15) is 0 Å². The van der Waals surface area contributed by atoms with Crippen molar-refractivity contribution in [2.45, 2.75) is 38.5 Å². The van der Waals surface area contributed by atoms with Gasteiger partial charge in [-0.05, 0) is 87.2 Å². The molecule has 0 saturated heterocycles. The van der Waals surface area contributed by atoms with E-state index in [1.165, 1.54) is 67.1 Å². The third-order valence-corrected chi connectivity index (χ3v) is 11.5. The molecule has 0 bridgehead atoms. The van der Waals surface area contributed by atoms with Gasteiger partial charge < -0.3 is 9.80 Å². The van der Waals surface area contributed by atoms with Crippen molar-refractivity contribution in [3.63, 3.8) is 0 Å². The quantitative estimate of drug-likeness (QED) is 0.164. The molecule has 0 atom stereocenters. The molecule has 3 heteroatoms. The maximum atomic E-state index is 2.50. The molecule has 0 aromatic heterocycles. The Morgan fingerprint density at radius 3 is 1.39 bits per heavy atom. The maximum Gasteiger partial charge on any atom is 0.252 e. The van der Waals surface area contributed by atoms with Crippen LogP contribution in [0, 0.1) is 0 Å². The molecule has 0 saturated carbocycles. The van der Waals surface area contributed by atoms with Gasteiger partial charge in [-0.15, -0.1) is 0 Å². The van der Waals surface area contributed by atoms with E-state index in [2.05, 4.69) is 213 Å². The van der Waals surface area contributed by atoms with Gasteiger partial charge >= 0.3 is 0 Å². The largest absolute Gasteiger partial charge is 0.311 e. The van der Waals surface area contributed by atoms with Crippen LogP contribution < -0.4 is 26.2 Å². The molecule has 2 nitrogen and oxygen atoms in total. The Balaban J connectivity index is 1.27. The molecule has 51 heavy (non-hydrogen) atoms. The van der Waals surface area contributed by atoms with Gasteiger partial charge in [0.25, 0.3) is 6.71 Å². The molecule has 9 rings (SSSR count). The first-order chi connectivity index (χ1) is 24.8. The molecule has 246 valence electrons. The van der Waals surface area contributed by atoms with E-state index < -0.39 is 0 Å². The zero-order chi connectivity index (χ0) is 34.7. The van der Waals surface area contributed by atoms with Crippen LogP contribution in [0.5, 0.6) is 0 Å². The molecular weight excluding hydrogens is 615 g/mol. The Kier molecular flexibility index (Phi) is 7.29. The van der Waals surface area contributed by atoms with Crippen LogP contribution in [0.3, 0.4) is 0 Å². The van der Waals surface area contributed by atoms with E-state index in [1.54, 1.807) is 0 Å². The summed E-state index contributed by atoms with van der Waals surface area (Å²) >= 11 is 0. The minimum Gasteiger partial charge on any atom is -0.311 e. The number of fused-ring (bicyclic) bond motifs is 4. The van der Waals surface area contributed by atoms with Gasteiger partial charge in [0.2, 0.25) is 0 Å². The van der Waals surface area contributed by atoms with Crippen molar-refractivity contribution in [3.05, 3.63) is 198 Å². The molecule has 2 heterocycles. The molecule has 0 radical (unpaired) electrons. The Morgan fingerprint density at radius 1 is 0.353 bits per heavy atom. The summed E-state index contributed by atoms with van der Waals surface area (Å²) in [6.07, 6.45) is 0. The predicted molar refractivity (Wildman–Crippen MR) is 218 cm³/mol. The van der Waals surface area contributed by atoms with Crippen molar-refractivity contribution in [3.8, 4) is 0 Å². The highest BCUT2D eigenvalue weighted by Crippen LogP contribution is 2.45. The zero-order valence-electron chi connectivity index (χ0n) is 29.7. The van der Waals surface area contributed by atoms with E-state index in [4.69, 9.17) is 0 Å². The van der Waals surface area contributed by atoms with Crippen molar-refractivity contribution in [1.82, 2.24) is 0 Å². The minimum absolute atomic E-state index is 0.0847. The molecule has 0 N–H and O–H groups in total. The molecule has 2 aliphatic rings. The first-order valence-electron chi connectivity index (χ1n) is 18.1. The van der Waals surface area contributed by atoms with Gasteiger partial charge in [0, 0.05) is 45.0 Å². The van der Waals surface area contributed by atoms with Crippen LogP contribution in [0.4, 0.5) is 34.1 Å². The molecule has 2 aliphatic heterocycles. The van der Waals surface area contributed by atoms with Gasteiger partial charge in [-0.1, -0.05) is 155 Å². The second kappa shape index (κ2) is 11.9. The number of para-hydroxylation sites is 2. The highest BCUT2D eigenvalue weighted by Gasteiger charge is 2.43. The Bertz CT molecular complexity index is 2360. The topological polar surface area (TPSA) is 6.48 Å². The molecule has 0 spiro atoms. The first kappa shape index (κ1) is 31.2. The fraction of sp³-hybridized carbons (Fsp3) is 0.125. The van der Waals surface area contributed by atoms with Crippen LogP contribution in [-0.2, 0) is 10.8 Å². The van der Waals surface area contributed by atoms with Gasteiger partial charge in [0.1, 0.15) is 0 Å². The summed E-state index contributed by atoms with van der Waals surface area (Å²) in [7, 11) is 0. The van der Waals surface area contributed by atoms with E-state index in [0.29, 0.717) is 0 Å². The Morgan fingerprint density at radius 2 is 0.784 bits per heavy atom. The smallest absolute Gasteiger partial charge is 0.252 e. The van der Waals surface area contributed by atoms with Crippen molar-refractivity contribution < 1.29 is 0 Å². The third-order valence-electron chi connectivity index (χ3n) is 11.5. The standard InChI is InChI=1S/C48H41BN2/c1-47(2,34-17-8-5-9-18-34)36-27-30-39(31-28-36)51-43-32-29-37(48(3,4)35-19-10-6-11-20-35)33-41(43)49-40-23-14-15-24-42(40)50(38-21-12-7-13-22-38)44-25-16-26-45(51)46(44)49/h5-33H,1-4H3. The summed E-state index contributed by atoms with van der Waals surface area (Å²) in [5.41, 5.74) is 16.2. The van der Waals surface area contributed by atoms with Crippen LogP contribution in [0.25, 0.3) is 0 Å². The number of benzene rings is 7. The lowest BCUT2D eigenvalue weighted by molar-refractivity contribution is 0.641. The lowest BCUT2D eigenvalue weighted by Crippen LogP contribution is -2.61. The molecule has 0 aliphatic carbocycles. The fourth-order valence-electron chi connectivity index (χ4n) is 8.48. The van der Waals surface area contributed by atoms with E-state index in [0.717, 1.165) is 5.69 Å². The minimum atomic E-state index is -0.171. The number of rotatable bonds is 6. The van der Waals surface area contributed by atoms with E-state index in [1.807, 2.05) is 0 Å². The number of hydrogen-bond donors (Lipinski definition) is 0. The molecule has 0 fully saturated rings. The lowest BCUT2D eigenvalue weighted by atomic mass is 9.33. The molecule has 0 amide bonds. The van der Waals surface area contributed by atoms with Gasteiger partial charge in [0.15, 0.2) is 0 Å². The van der Waals surface area contributed by atoms with Gasteiger partial charge in [-0.3, -0.25) is 0 Å². The monoisotopic (exact) mass is 656 g/mol. The Labute approximate surface area is 302 Å². The average molecular weight is 657 g/mol. The highest BCUT2D eigenvalue weighted by atomic mass is 15.2. The predicted octanol–water partition coefficient (Wildman–Crippen LogP) is 10.4. The number of hydrogen-bond acceptors (Lipinski definition) is 2. The molecular formula is C48H41BN2. The summed E-state index contributed by atoms with van der Waals surface area (Å²) < 4.78 is 0. The first-order valence-corrected chi connectivity index (χ1v) is 18.1. The van der Waals surface area contributed by atoms with Crippen LogP contribution >= 0.6 is 0 Å². The molecule has 0 unspecified atom stereocenters. The maximum absolute atomic E-state index is 2.50. The average Bonchev–Trinajstić information content (AvgIpc) is 3.18. The van der Waals surface area contributed by atoms with Gasteiger partial charge in [0.05, 0.1) is 0 Å². The highest BCUT2D eigenvalue weighted by molar-refractivity contribution is 7.00. The summed E-state index contributed by atoms with van der Waals surface area (Å²) in [6.45, 7) is 9.42. The summed E-state index contributed by atoms with van der Waals surface area (Å²) in [6, 6.07) is 64.9. The van der Waals surface area contributed by atoms with Crippen LogP contribution in [0.2, 0.25) is 0 Å². The zero-order valence-corrected chi connectivity index (χ0v) is 29.7. The van der Waals surface area contributed by atoms with Crippen molar-refractivity contribution in [2.24, 2.45) is 0 Å². The van der Waals surface area contributed by atoms with E-state index in [-0.39, 0.29) is 17.5 Å². The van der Waals surface area contributed by atoms with Crippen LogP contribution in [0.15, 0.2) is 176 Å². The summed E-state index contributed by atoms with van der Waals surface area (Å²) in [5.74, 6) is 0. The van der Waals surface area contributed by atoms with Crippen LogP contribution in [-0.4, -0.2) is 6.71 Å². The normalized spacial score (nSPS) is 13.4. The molecule has 7 aromatic carbocycles. The SMILES string of the molecule is CC(C)(c1ccccc1)c1ccc(N2c3ccc(C(C)(C)c4ccccc4)cc3B3c4ccccc4N(c4ccccc4)c4cccc2c43)cc1. The third kappa shape index (κ3) is 4.94. The van der Waals surface area contributed by atoms with Crippen molar-refractivity contribution in [2.75, 3.05) is 9.80 Å². The Hall–Kier alpha value is -5.80. The second-order valence-electron chi connectivity index (χ2n) is 15.0. The number of anilines is 6.